The van der Waals surface area contributed by atoms with Gasteiger partial charge in [0.2, 0.25) is 11.8 Å². The average molecular weight is 705 g/mol. The van der Waals surface area contributed by atoms with Gasteiger partial charge in [-0.2, -0.15) is 0 Å². The number of carbonyl (C=O) groups is 6. The number of nitrogens with one attached hydrogen (secondary N) is 3. The Morgan fingerprint density at radius 2 is 1.38 bits per heavy atom. The van der Waals surface area contributed by atoms with Crippen molar-refractivity contribution < 1.29 is 39.0 Å². The minimum Gasteiger partial charge on any atom is -0.478 e. The number of aromatic nitrogens is 1. The van der Waals surface area contributed by atoms with Crippen LogP contribution in [0.3, 0.4) is 0 Å². The highest BCUT2D eigenvalue weighted by Gasteiger charge is 2.50. The second-order valence-electron chi connectivity index (χ2n) is 14.9. The van der Waals surface area contributed by atoms with Gasteiger partial charge in [0.25, 0.3) is 11.8 Å². The van der Waals surface area contributed by atoms with Crippen molar-refractivity contribution in [1.29, 1.82) is 0 Å². The Morgan fingerprint density at radius 1 is 0.788 bits per heavy atom. The number of carboxylic acids is 2. The lowest BCUT2D eigenvalue weighted by atomic mass is 9.49. The SMILES string of the molecule is CC(=O)n1ccc2cc(C(=O)N[C@@H](Cc3ccccc3)C(=O)Nc3cc(C(=O)O)cc(C(=O)O)c3)c(C(=O)NCC34CC5CC(CC(C5)C3)C4)cc21. The molecule has 4 aliphatic rings. The van der Waals surface area contributed by atoms with Gasteiger partial charge in [0.05, 0.1) is 27.8 Å². The molecule has 12 nitrogen and oxygen atoms in total. The van der Waals surface area contributed by atoms with Crippen molar-refractivity contribution in [1.82, 2.24) is 15.2 Å². The third-order valence-electron chi connectivity index (χ3n) is 11.0. The Balaban J connectivity index is 1.19. The molecule has 12 heteroatoms. The summed E-state index contributed by atoms with van der Waals surface area (Å²) in [6.45, 7) is 1.90. The zero-order chi connectivity index (χ0) is 36.7. The number of rotatable bonds is 11. The Kier molecular flexibility index (Phi) is 9.16. The maximum absolute atomic E-state index is 14.2. The molecule has 268 valence electrons. The van der Waals surface area contributed by atoms with Crippen molar-refractivity contribution in [2.24, 2.45) is 23.2 Å². The van der Waals surface area contributed by atoms with E-state index in [1.807, 2.05) is 0 Å². The smallest absolute Gasteiger partial charge is 0.335 e. The fourth-order valence-electron chi connectivity index (χ4n) is 9.17. The van der Waals surface area contributed by atoms with Crippen LogP contribution in [0.25, 0.3) is 10.9 Å². The molecule has 0 spiro atoms. The van der Waals surface area contributed by atoms with Crippen molar-refractivity contribution in [3.05, 3.63) is 101 Å². The van der Waals surface area contributed by atoms with Crippen LogP contribution in [0.1, 0.15) is 97.2 Å². The predicted molar refractivity (Wildman–Crippen MR) is 192 cm³/mol. The van der Waals surface area contributed by atoms with Crippen LogP contribution in [-0.2, 0) is 11.2 Å². The molecule has 4 aliphatic carbocycles. The second kappa shape index (κ2) is 13.7. The summed E-state index contributed by atoms with van der Waals surface area (Å²) in [6.07, 6.45) is 8.64. The molecule has 4 saturated carbocycles. The van der Waals surface area contributed by atoms with Crippen LogP contribution in [-0.4, -0.2) is 62.9 Å². The molecule has 3 amide bonds. The number of anilines is 1. The quantitative estimate of drug-likeness (QED) is 0.133. The lowest BCUT2D eigenvalue weighted by molar-refractivity contribution is -0.118. The van der Waals surface area contributed by atoms with E-state index < -0.39 is 35.7 Å². The summed E-state index contributed by atoms with van der Waals surface area (Å²) in [6, 6.07) is 15.7. The molecule has 3 aromatic carbocycles. The maximum Gasteiger partial charge on any atom is 0.335 e. The molecule has 4 aromatic rings. The van der Waals surface area contributed by atoms with E-state index in [9.17, 15) is 39.0 Å². The van der Waals surface area contributed by atoms with Gasteiger partial charge in [-0.15, -0.1) is 0 Å². The fourth-order valence-corrected chi connectivity index (χ4v) is 9.17. The van der Waals surface area contributed by atoms with Gasteiger partial charge in [0.15, 0.2) is 0 Å². The van der Waals surface area contributed by atoms with E-state index in [0.29, 0.717) is 40.8 Å². The van der Waals surface area contributed by atoms with Crippen LogP contribution >= 0.6 is 0 Å². The van der Waals surface area contributed by atoms with Gasteiger partial charge >= 0.3 is 11.9 Å². The van der Waals surface area contributed by atoms with Crippen LogP contribution in [0.2, 0.25) is 0 Å². The average Bonchev–Trinajstić information content (AvgIpc) is 3.53. The molecule has 1 aromatic heterocycles. The number of fused-ring (bicyclic) bond motifs is 1. The van der Waals surface area contributed by atoms with E-state index in [0.717, 1.165) is 37.5 Å². The summed E-state index contributed by atoms with van der Waals surface area (Å²) in [4.78, 5) is 78.0. The first-order valence-electron chi connectivity index (χ1n) is 17.6. The van der Waals surface area contributed by atoms with Gasteiger partial charge in [0, 0.05) is 37.2 Å². The molecule has 0 saturated heterocycles. The van der Waals surface area contributed by atoms with Crippen molar-refractivity contribution in [3.8, 4) is 0 Å². The van der Waals surface area contributed by atoms with Crippen LogP contribution in [0.4, 0.5) is 5.69 Å². The minimum atomic E-state index is -1.38. The fraction of sp³-hybridized carbons (Fsp3) is 0.350. The normalized spacial score (nSPS) is 22.1. The molecule has 4 bridgehead atoms. The Labute approximate surface area is 299 Å². The summed E-state index contributed by atoms with van der Waals surface area (Å²) in [5.41, 5.74) is 0.535. The Bertz CT molecular complexity index is 2050. The lowest BCUT2D eigenvalue weighted by Gasteiger charge is -2.56. The molecular weight excluding hydrogens is 664 g/mol. The van der Waals surface area contributed by atoms with Gasteiger partial charge in [0.1, 0.15) is 6.04 Å². The molecular formula is C40H40N4O8. The number of nitrogens with zero attached hydrogens (tertiary/aromatic N) is 1. The third kappa shape index (κ3) is 7.05. The van der Waals surface area contributed by atoms with Crippen molar-refractivity contribution >= 4 is 52.2 Å². The van der Waals surface area contributed by atoms with Gasteiger partial charge in [-0.05, 0) is 104 Å². The number of benzene rings is 3. The van der Waals surface area contributed by atoms with E-state index in [-0.39, 0.29) is 45.7 Å². The standard InChI is InChI=1S/C40H40N4O8/c1-22(45)44-8-7-27-16-31(32(17-34(27)44)35(46)41-21-40-18-24-9-25(19-40)11-26(10-24)20-40)36(47)43-33(12-23-5-3-2-4-6-23)37(48)42-30-14-28(38(49)50)13-29(15-30)39(51)52/h2-8,13-17,24-26,33H,9-12,18-21H2,1H3,(H,41,46)(H,42,48)(H,43,47)(H,49,50)(H,51,52)/t24?,25?,26?,33-,40?/m0/s1. The Hall–Kier alpha value is -5.78. The van der Waals surface area contributed by atoms with E-state index >= 15 is 0 Å². The van der Waals surface area contributed by atoms with Gasteiger partial charge < -0.3 is 26.2 Å². The number of carbonyl (C=O) groups excluding carboxylic acids is 4. The monoisotopic (exact) mass is 704 g/mol. The zero-order valence-electron chi connectivity index (χ0n) is 28.7. The highest BCUT2D eigenvalue weighted by atomic mass is 16.4. The first kappa shape index (κ1) is 34.7. The minimum absolute atomic E-state index is 0.0173. The van der Waals surface area contributed by atoms with Crippen LogP contribution in [0.15, 0.2) is 72.9 Å². The van der Waals surface area contributed by atoms with Crippen LogP contribution < -0.4 is 16.0 Å². The maximum atomic E-state index is 14.2. The first-order valence-corrected chi connectivity index (χ1v) is 17.6. The molecule has 5 N–H and O–H groups in total. The highest BCUT2D eigenvalue weighted by Crippen LogP contribution is 2.59. The van der Waals surface area contributed by atoms with E-state index in [2.05, 4.69) is 16.0 Å². The second-order valence-corrected chi connectivity index (χ2v) is 14.9. The topological polar surface area (TPSA) is 184 Å². The molecule has 0 radical (unpaired) electrons. The largest absolute Gasteiger partial charge is 0.478 e. The molecule has 52 heavy (non-hydrogen) atoms. The number of carboxylic acid groups (broad SMARTS) is 2. The Morgan fingerprint density at radius 3 is 1.96 bits per heavy atom. The van der Waals surface area contributed by atoms with Gasteiger partial charge in [-0.25, -0.2) is 9.59 Å². The summed E-state index contributed by atoms with van der Waals surface area (Å²) in [5.74, 6) is -2.84. The van der Waals surface area contributed by atoms with E-state index in [4.69, 9.17) is 0 Å². The first-order chi connectivity index (χ1) is 24.9. The number of hydrogen-bond acceptors (Lipinski definition) is 6. The molecule has 0 unspecified atom stereocenters. The van der Waals surface area contributed by atoms with Crippen LogP contribution in [0, 0.1) is 23.2 Å². The molecule has 4 fully saturated rings. The van der Waals surface area contributed by atoms with Crippen molar-refractivity contribution in [3.63, 3.8) is 0 Å². The summed E-state index contributed by atoms with van der Waals surface area (Å²) in [5, 5.41) is 28.1. The molecule has 0 aliphatic heterocycles. The summed E-state index contributed by atoms with van der Waals surface area (Å²) in [7, 11) is 0. The molecule has 1 heterocycles. The highest BCUT2D eigenvalue weighted by molar-refractivity contribution is 6.12. The number of aromatic carboxylic acids is 2. The predicted octanol–water partition coefficient (Wildman–Crippen LogP) is 5.62. The van der Waals surface area contributed by atoms with E-state index in [1.54, 1.807) is 42.6 Å². The molecule has 1 atom stereocenters. The summed E-state index contributed by atoms with van der Waals surface area (Å²) >= 11 is 0. The van der Waals surface area contributed by atoms with Crippen LogP contribution in [0.5, 0.6) is 0 Å². The number of hydrogen-bond donors (Lipinski definition) is 5. The van der Waals surface area contributed by atoms with E-state index in [1.165, 1.54) is 42.9 Å². The molecule has 8 rings (SSSR count). The third-order valence-corrected chi connectivity index (χ3v) is 11.0. The summed E-state index contributed by atoms with van der Waals surface area (Å²) < 4.78 is 1.41. The lowest BCUT2D eigenvalue weighted by Crippen LogP contribution is -2.51. The zero-order valence-corrected chi connectivity index (χ0v) is 28.7. The van der Waals surface area contributed by atoms with Crippen molar-refractivity contribution in [2.75, 3.05) is 11.9 Å². The van der Waals surface area contributed by atoms with Gasteiger partial charge in [-0.3, -0.25) is 23.7 Å². The van der Waals surface area contributed by atoms with Crippen molar-refractivity contribution in [2.45, 2.75) is 57.9 Å². The van der Waals surface area contributed by atoms with Gasteiger partial charge in [-0.1, -0.05) is 30.3 Å². The number of amides is 3.